The van der Waals surface area contributed by atoms with Crippen molar-refractivity contribution in [2.24, 2.45) is 0 Å². The van der Waals surface area contributed by atoms with E-state index in [4.69, 9.17) is 4.74 Å². The molecule has 1 unspecified atom stereocenters. The highest BCUT2D eigenvalue weighted by molar-refractivity contribution is 5.71. The molecular formula is C39H74O4. The van der Waals surface area contributed by atoms with E-state index < -0.39 is 12.1 Å². The molecule has 4 nitrogen and oxygen atoms in total. The quantitative estimate of drug-likeness (QED) is 0.0443. The Morgan fingerprint density at radius 1 is 0.512 bits per heavy atom. The molecule has 4 heteroatoms. The number of carboxylic acids is 1. The van der Waals surface area contributed by atoms with E-state index in [-0.39, 0.29) is 12.4 Å². The van der Waals surface area contributed by atoms with E-state index in [0.29, 0.717) is 12.8 Å². The van der Waals surface area contributed by atoms with Gasteiger partial charge in [0.2, 0.25) is 0 Å². The van der Waals surface area contributed by atoms with Crippen LogP contribution in [0.2, 0.25) is 0 Å². The average molecular weight is 607 g/mol. The second kappa shape index (κ2) is 35.2. The largest absolute Gasteiger partial charge is 0.481 e. The summed E-state index contributed by atoms with van der Waals surface area (Å²) in [5.41, 5.74) is 0. The van der Waals surface area contributed by atoms with Crippen LogP contribution in [0.4, 0.5) is 0 Å². The molecule has 254 valence electrons. The maximum absolute atomic E-state index is 12.3. The molecule has 0 radical (unpaired) electrons. The zero-order chi connectivity index (χ0) is 31.5. The summed E-state index contributed by atoms with van der Waals surface area (Å²) in [5.74, 6) is -1.10. The maximum atomic E-state index is 12.3. The van der Waals surface area contributed by atoms with Gasteiger partial charge in [-0.05, 0) is 44.9 Å². The summed E-state index contributed by atoms with van der Waals surface area (Å²) in [6.45, 7) is 4.53. The third-order valence-corrected chi connectivity index (χ3v) is 8.72. The third-order valence-electron chi connectivity index (χ3n) is 8.72. The lowest BCUT2D eigenvalue weighted by Crippen LogP contribution is -2.21. The van der Waals surface area contributed by atoms with E-state index in [1.807, 2.05) is 0 Å². The smallest absolute Gasteiger partial charge is 0.307 e. The number of hydrogen-bond acceptors (Lipinski definition) is 3. The molecule has 0 fully saturated rings. The number of unbranched alkanes of at least 4 members (excludes halogenated alkanes) is 26. The van der Waals surface area contributed by atoms with Crippen molar-refractivity contribution < 1.29 is 19.4 Å². The fourth-order valence-electron chi connectivity index (χ4n) is 5.90. The predicted molar refractivity (Wildman–Crippen MR) is 186 cm³/mol. The first-order valence-corrected chi connectivity index (χ1v) is 19.2. The number of carboxylic acid groups (broad SMARTS) is 1. The van der Waals surface area contributed by atoms with Gasteiger partial charge in [0.1, 0.15) is 6.10 Å². The number of hydrogen-bond donors (Lipinski definition) is 1. The second-order valence-electron chi connectivity index (χ2n) is 13.1. The van der Waals surface area contributed by atoms with E-state index in [0.717, 1.165) is 32.1 Å². The van der Waals surface area contributed by atoms with Gasteiger partial charge in [0.25, 0.3) is 0 Å². The zero-order valence-corrected chi connectivity index (χ0v) is 29.0. The number of ether oxygens (including phenoxy) is 1. The molecule has 43 heavy (non-hydrogen) atoms. The van der Waals surface area contributed by atoms with Crippen LogP contribution >= 0.6 is 0 Å². The van der Waals surface area contributed by atoms with Crippen LogP contribution in [0.15, 0.2) is 12.2 Å². The number of carbonyl (C=O) groups is 2. The first-order valence-electron chi connectivity index (χ1n) is 19.2. The summed E-state index contributed by atoms with van der Waals surface area (Å²) in [4.78, 5) is 23.6. The minimum Gasteiger partial charge on any atom is -0.481 e. The Morgan fingerprint density at radius 2 is 0.860 bits per heavy atom. The predicted octanol–water partition coefficient (Wildman–Crippen LogP) is 13.1. The number of allylic oxidation sites excluding steroid dienone is 2. The number of carbonyl (C=O) groups excluding carboxylic acids is 1. The molecule has 0 aromatic heterocycles. The second-order valence-corrected chi connectivity index (χ2v) is 13.1. The van der Waals surface area contributed by atoms with Gasteiger partial charge in [-0.15, -0.1) is 0 Å². The first kappa shape index (κ1) is 41.7. The van der Waals surface area contributed by atoms with Gasteiger partial charge < -0.3 is 9.84 Å². The molecule has 0 bridgehead atoms. The van der Waals surface area contributed by atoms with Gasteiger partial charge in [0.15, 0.2) is 0 Å². The van der Waals surface area contributed by atoms with Crippen molar-refractivity contribution in [3.63, 3.8) is 0 Å². The fraction of sp³-hybridized carbons (Fsp3) is 0.897. The molecule has 1 N–H and O–H groups in total. The molecule has 0 aliphatic carbocycles. The highest BCUT2D eigenvalue weighted by atomic mass is 16.5. The summed E-state index contributed by atoms with van der Waals surface area (Å²) in [5, 5.41) is 9.25. The molecule has 0 saturated heterocycles. The standard InChI is InChI=1S/C39H74O4/c1-3-5-7-9-11-13-15-17-19-20-21-22-24-26-28-30-32-34-37(36-38(40)41)43-39(42)35-33-31-29-27-25-23-18-16-14-12-10-8-6-4-2/h14,16,37H,3-13,15,17-36H2,1-2H3,(H,40,41)/b16-14-. The van der Waals surface area contributed by atoms with Gasteiger partial charge in [0.05, 0.1) is 6.42 Å². The van der Waals surface area contributed by atoms with E-state index >= 15 is 0 Å². The molecule has 1 atom stereocenters. The van der Waals surface area contributed by atoms with E-state index in [2.05, 4.69) is 26.0 Å². The minimum absolute atomic E-state index is 0.0716. The summed E-state index contributed by atoms with van der Waals surface area (Å²) in [6.07, 6.45) is 42.3. The third kappa shape index (κ3) is 35.0. The Kier molecular flexibility index (Phi) is 34.1. The van der Waals surface area contributed by atoms with Crippen LogP contribution in [0.1, 0.15) is 219 Å². The molecule has 0 aromatic rings. The lowest BCUT2D eigenvalue weighted by Gasteiger charge is -2.16. The molecule has 0 spiro atoms. The van der Waals surface area contributed by atoms with Crippen LogP contribution in [-0.4, -0.2) is 23.1 Å². The Labute approximate surface area is 268 Å². The lowest BCUT2D eigenvalue weighted by molar-refractivity contribution is -0.153. The van der Waals surface area contributed by atoms with E-state index in [1.165, 1.54) is 154 Å². The van der Waals surface area contributed by atoms with Crippen molar-refractivity contribution in [1.29, 1.82) is 0 Å². The van der Waals surface area contributed by atoms with Crippen molar-refractivity contribution in [2.75, 3.05) is 0 Å². The molecule has 0 heterocycles. The highest BCUT2D eigenvalue weighted by Gasteiger charge is 2.17. The molecule has 0 amide bonds. The van der Waals surface area contributed by atoms with Gasteiger partial charge >= 0.3 is 11.9 Å². The van der Waals surface area contributed by atoms with Crippen LogP contribution in [0.25, 0.3) is 0 Å². The van der Waals surface area contributed by atoms with Crippen molar-refractivity contribution in [3.05, 3.63) is 12.2 Å². The van der Waals surface area contributed by atoms with Crippen molar-refractivity contribution in [2.45, 2.75) is 225 Å². The molecule has 0 rings (SSSR count). The van der Waals surface area contributed by atoms with Gasteiger partial charge in [-0.25, -0.2) is 0 Å². The van der Waals surface area contributed by atoms with Crippen LogP contribution in [0.3, 0.4) is 0 Å². The first-order chi connectivity index (χ1) is 21.1. The Hall–Kier alpha value is -1.32. The van der Waals surface area contributed by atoms with Gasteiger partial charge in [-0.3, -0.25) is 9.59 Å². The van der Waals surface area contributed by atoms with Gasteiger partial charge in [-0.1, -0.05) is 174 Å². The van der Waals surface area contributed by atoms with Crippen molar-refractivity contribution in [1.82, 2.24) is 0 Å². The summed E-state index contributed by atoms with van der Waals surface area (Å²) >= 11 is 0. The molecule has 0 aliphatic rings. The summed E-state index contributed by atoms with van der Waals surface area (Å²) in [6, 6.07) is 0. The van der Waals surface area contributed by atoms with Crippen LogP contribution in [0, 0.1) is 0 Å². The molecular weight excluding hydrogens is 532 g/mol. The number of aliphatic carboxylic acids is 1. The van der Waals surface area contributed by atoms with Crippen LogP contribution in [0.5, 0.6) is 0 Å². The monoisotopic (exact) mass is 607 g/mol. The molecule has 0 saturated carbocycles. The summed E-state index contributed by atoms with van der Waals surface area (Å²) in [7, 11) is 0. The number of rotatable bonds is 35. The Balaban J connectivity index is 3.63. The van der Waals surface area contributed by atoms with Crippen molar-refractivity contribution >= 4 is 11.9 Å². The topological polar surface area (TPSA) is 63.6 Å². The fourth-order valence-corrected chi connectivity index (χ4v) is 5.90. The van der Waals surface area contributed by atoms with Gasteiger partial charge in [-0.2, -0.15) is 0 Å². The van der Waals surface area contributed by atoms with E-state index in [9.17, 15) is 14.7 Å². The lowest BCUT2D eigenvalue weighted by atomic mass is 10.0. The summed E-state index contributed by atoms with van der Waals surface area (Å²) < 4.78 is 5.58. The number of esters is 1. The Morgan fingerprint density at radius 3 is 1.28 bits per heavy atom. The SMILES string of the molecule is CCCCCC/C=C\CCCCCCCCC(=O)OC(CCCCCCCCCCCCCCCCCCC)CC(=O)O. The normalized spacial score (nSPS) is 12.2. The average Bonchev–Trinajstić information content (AvgIpc) is 2.98. The Bertz CT molecular complexity index is 614. The maximum Gasteiger partial charge on any atom is 0.307 e. The minimum atomic E-state index is -0.879. The van der Waals surface area contributed by atoms with Crippen LogP contribution < -0.4 is 0 Å². The van der Waals surface area contributed by atoms with E-state index in [1.54, 1.807) is 0 Å². The zero-order valence-electron chi connectivity index (χ0n) is 29.0. The van der Waals surface area contributed by atoms with Gasteiger partial charge in [0, 0.05) is 6.42 Å². The molecule has 0 aliphatic heterocycles. The van der Waals surface area contributed by atoms with Crippen molar-refractivity contribution in [3.8, 4) is 0 Å². The van der Waals surface area contributed by atoms with Crippen LogP contribution in [-0.2, 0) is 14.3 Å². The highest BCUT2D eigenvalue weighted by Crippen LogP contribution is 2.17. The molecule has 0 aromatic carbocycles.